The molecule has 104 valence electrons. The van der Waals surface area contributed by atoms with Gasteiger partial charge in [-0.25, -0.2) is 4.39 Å². The third-order valence-electron chi connectivity index (χ3n) is 2.64. The lowest BCUT2D eigenvalue weighted by molar-refractivity contribution is 0.290. The standard InChI is InChI=1S/C14H11BrClFN2O/c15-10-3-4-12(17)13(6-10)20-7-9-2-1-8(14(18)19)5-11(9)16/h1-6H,7H2,(H3,18,19). The first-order valence-electron chi connectivity index (χ1n) is 5.68. The molecule has 0 saturated heterocycles. The highest BCUT2D eigenvalue weighted by molar-refractivity contribution is 9.10. The monoisotopic (exact) mass is 356 g/mol. The molecule has 3 N–H and O–H groups in total. The minimum absolute atomic E-state index is 0.0580. The zero-order chi connectivity index (χ0) is 14.7. The maximum absolute atomic E-state index is 13.5. The van der Waals surface area contributed by atoms with E-state index in [1.54, 1.807) is 30.3 Å². The normalized spacial score (nSPS) is 10.3. The van der Waals surface area contributed by atoms with E-state index in [0.717, 1.165) is 4.47 Å². The molecular weight excluding hydrogens is 347 g/mol. The molecule has 0 fully saturated rings. The Morgan fingerprint density at radius 1 is 1.30 bits per heavy atom. The van der Waals surface area contributed by atoms with Crippen LogP contribution in [0.1, 0.15) is 11.1 Å². The van der Waals surface area contributed by atoms with Crippen LogP contribution in [0.3, 0.4) is 0 Å². The van der Waals surface area contributed by atoms with Crippen LogP contribution < -0.4 is 10.5 Å². The van der Waals surface area contributed by atoms with Crippen LogP contribution in [0.4, 0.5) is 4.39 Å². The van der Waals surface area contributed by atoms with E-state index in [1.807, 2.05) is 0 Å². The Morgan fingerprint density at radius 3 is 2.70 bits per heavy atom. The van der Waals surface area contributed by atoms with E-state index >= 15 is 0 Å². The molecule has 2 aromatic carbocycles. The van der Waals surface area contributed by atoms with Gasteiger partial charge in [-0.1, -0.05) is 39.7 Å². The van der Waals surface area contributed by atoms with Crippen LogP contribution in [0.15, 0.2) is 40.9 Å². The molecule has 0 saturated carbocycles. The Hall–Kier alpha value is -1.59. The highest BCUT2D eigenvalue weighted by Gasteiger charge is 2.08. The quantitative estimate of drug-likeness (QED) is 0.639. The van der Waals surface area contributed by atoms with Crippen LogP contribution in [0, 0.1) is 11.2 Å². The second-order valence-electron chi connectivity index (χ2n) is 4.08. The lowest BCUT2D eigenvalue weighted by Gasteiger charge is -2.10. The number of nitrogens with two attached hydrogens (primary N) is 1. The maximum atomic E-state index is 13.5. The van der Waals surface area contributed by atoms with E-state index in [1.165, 1.54) is 6.07 Å². The molecule has 20 heavy (non-hydrogen) atoms. The lowest BCUT2D eigenvalue weighted by Crippen LogP contribution is -2.11. The minimum Gasteiger partial charge on any atom is -0.486 e. The summed E-state index contributed by atoms with van der Waals surface area (Å²) in [6.07, 6.45) is 0. The largest absolute Gasteiger partial charge is 0.486 e. The van der Waals surface area contributed by atoms with Crippen molar-refractivity contribution >= 4 is 33.4 Å². The molecule has 0 aliphatic heterocycles. The third-order valence-corrected chi connectivity index (χ3v) is 3.49. The number of benzene rings is 2. The van der Waals surface area contributed by atoms with Gasteiger partial charge in [-0.3, -0.25) is 5.41 Å². The Labute approximate surface area is 129 Å². The number of amidine groups is 1. The van der Waals surface area contributed by atoms with Gasteiger partial charge in [0.2, 0.25) is 0 Å². The predicted molar refractivity (Wildman–Crippen MR) is 80.9 cm³/mol. The van der Waals surface area contributed by atoms with Crippen LogP contribution >= 0.6 is 27.5 Å². The van der Waals surface area contributed by atoms with Crippen molar-refractivity contribution in [2.45, 2.75) is 6.61 Å². The molecule has 0 spiro atoms. The molecule has 0 amide bonds. The van der Waals surface area contributed by atoms with Gasteiger partial charge in [0.05, 0.1) is 0 Å². The highest BCUT2D eigenvalue weighted by Crippen LogP contribution is 2.25. The number of hydrogen-bond acceptors (Lipinski definition) is 2. The van der Waals surface area contributed by atoms with Crippen LogP contribution in [0.5, 0.6) is 5.75 Å². The average molecular weight is 358 g/mol. The predicted octanol–water partition coefficient (Wildman–Crippen LogP) is 4.10. The fourth-order valence-corrected chi connectivity index (χ4v) is 2.15. The molecule has 0 aromatic heterocycles. The van der Waals surface area contributed by atoms with Gasteiger partial charge in [0.25, 0.3) is 0 Å². The van der Waals surface area contributed by atoms with Crippen molar-refractivity contribution in [1.82, 2.24) is 0 Å². The Morgan fingerprint density at radius 2 is 2.05 bits per heavy atom. The fraction of sp³-hybridized carbons (Fsp3) is 0.0714. The van der Waals surface area contributed by atoms with Gasteiger partial charge in [-0.05, 0) is 24.3 Å². The topological polar surface area (TPSA) is 59.1 Å². The average Bonchev–Trinajstić information content (AvgIpc) is 2.40. The SMILES string of the molecule is N=C(N)c1ccc(COc2cc(Br)ccc2F)c(Cl)c1. The summed E-state index contributed by atoms with van der Waals surface area (Å²) in [5.41, 5.74) is 6.60. The van der Waals surface area contributed by atoms with Gasteiger partial charge < -0.3 is 10.5 Å². The van der Waals surface area contributed by atoms with Gasteiger partial charge in [0, 0.05) is 20.6 Å². The van der Waals surface area contributed by atoms with E-state index in [-0.39, 0.29) is 18.2 Å². The van der Waals surface area contributed by atoms with Crippen LogP contribution in [0.2, 0.25) is 5.02 Å². The van der Waals surface area contributed by atoms with Crippen molar-refractivity contribution in [3.63, 3.8) is 0 Å². The zero-order valence-corrected chi connectivity index (χ0v) is 12.6. The van der Waals surface area contributed by atoms with Crippen LogP contribution in [-0.2, 0) is 6.61 Å². The number of nitrogen functional groups attached to an aromatic ring is 1. The highest BCUT2D eigenvalue weighted by atomic mass is 79.9. The number of hydrogen-bond donors (Lipinski definition) is 2. The number of halogens is 3. The summed E-state index contributed by atoms with van der Waals surface area (Å²) >= 11 is 9.33. The van der Waals surface area contributed by atoms with Crippen molar-refractivity contribution in [3.8, 4) is 5.75 Å². The Kier molecular flexibility index (Phi) is 4.62. The summed E-state index contributed by atoms with van der Waals surface area (Å²) in [4.78, 5) is 0. The molecule has 0 radical (unpaired) electrons. The van der Waals surface area contributed by atoms with Crippen molar-refractivity contribution in [2.75, 3.05) is 0 Å². The molecule has 0 atom stereocenters. The minimum atomic E-state index is -0.440. The van der Waals surface area contributed by atoms with Crippen molar-refractivity contribution in [2.24, 2.45) is 5.73 Å². The maximum Gasteiger partial charge on any atom is 0.165 e. The molecule has 0 aliphatic rings. The van der Waals surface area contributed by atoms with Gasteiger partial charge in [-0.2, -0.15) is 0 Å². The van der Waals surface area contributed by atoms with Gasteiger partial charge in [0.15, 0.2) is 11.6 Å². The Bertz CT molecular complexity index is 664. The summed E-state index contributed by atoms with van der Waals surface area (Å²) < 4.78 is 19.7. The van der Waals surface area contributed by atoms with Crippen LogP contribution in [-0.4, -0.2) is 5.84 Å². The second kappa shape index (κ2) is 6.24. The smallest absolute Gasteiger partial charge is 0.165 e. The van der Waals surface area contributed by atoms with Gasteiger partial charge in [-0.15, -0.1) is 0 Å². The summed E-state index contributed by atoms with van der Waals surface area (Å²) in [5, 5.41) is 7.75. The van der Waals surface area contributed by atoms with E-state index < -0.39 is 5.82 Å². The molecule has 0 unspecified atom stereocenters. The second-order valence-corrected chi connectivity index (χ2v) is 5.41. The summed E-state index contributed by atoms with van der Waals surface area (Å²) in [5.74, 6) is -0.354. The van der Waals surface area contributed by atoms with Crippen molar-refractivity contribution < 1.29 is 9.13 Å². The van der Waals surface area contributed by atoms with Crippen LogP contribution in [0.25, 0.3) is 0 Å². The third kappa shape index (κ3) is 3.49. The first-order chi connectivity index (χ1) is 9.47. The van der Waals surface area contributed by atoms with E-state index in [9.17, 15) is 4.39 Å². The number of rotatable bonds is 4. The molecule has 0 aliphatic carbocycles. The van der Waals surface area contributed by atoms with Gasteiger partial charge >= 0.3 is 0 Å². The summed E-state index contributed by atoms with van der Waals surface area (Å²) in [6, 6.07) is 9.42. The summed E-state index contributed by atoms with van der Waals surface area (Å²) in [6.45, 7) is 0.129. The van der Waals surface area contributed by atoms with E-state index in [0.29, 0.717) is 16.1 Å². The van der Waals surface area contributed by atoms with Gasteiger partial charge in [0.1, 0.15) is 12.4 Å². The zero-order valence-electron chi connectivity index (χ0n) is 10.3. The summed E-state index contributed by atoms with van der Waals surface area (Å²) in [7, 11) is 0. The molecule has 0 heterocycles. The molecule has 2 aromatic rings. The Balaban J connectivity index is 2.15. The van der Waals surface area contributed by atoms with E-state index in [4.69, 9.17) is 27.5 Å². The molecule has 3 nitrogen and oxygen atoms in total. The number of ether oxygens (including phenoxy) is 1. The first kappa shape index (κ1) is 14.8. The lowest BCUT2D eigenvalue weighted by atomic mass is 10.1. The van der Waals surface area contributed by atoms with Crippen molar-refractivity contribution in [3.05, 3.63) is 62.8 Å². The fourth-order valence-electron chi connectivity index (χ4n) is 1.58. The molecule has 0 bridgehead atoms. The number of nitrogens with one attached hydrogen (secondary N) is 1. The molecule has 6 heteroatoms. The van der Waals surface area contributed by atoms with E-state index in [2.05, 4.69) is 15.9 Å². The van der Waals surface area contributed by atoms with Crippen molar-refractivity contribution in [1.29, 1.82) is 5.41 Å². The first-order valence-corrected chi connectivity index (χ1v) is 6.85. The molecule has 2 rings (SSSR count). The molecular formula is C14H11BrClFN2O.